The molecule has 112 valence electrons. The van der Waals surface area contributed by atoms with E-state index in [-0.39, 0.29) is 23.5 Å². The van der Waals surface area contributed by atoms with Crippen LogP contribution in [0.5, 0.6) is 0 Å². The van der Waals surface area contributed by atoms with Crippen LogP contribution in [-0.4, -0.2) is 31.7 Å². The first-order valence-electron chi connectivity index (χ1n) is 7.47. The summed E-state index contributed by atoms with van der Waals surface area (Å²) in [7, 11) is 1.74. The topological polar surface area (TPSA) is 64.4 Å². The third-order valence-corrected chi connectivity index (χ3v) is 4.73. The van der Waals surface area contributed by atoms with Crippen LogP contribution in [-0.2, 0) is 9.53 Å². The Bertz CT molecular complexity index is 292. The zero-order valence-corrected chi connectivity index (χ0v) is 12.9. The number of rotatable bonds is 8. The molecular formula is C15H30N2O2. The zero-order chi connectivity index (χ0) is 14.5. The van der Waals surface area contributed by atoms with E-state index >= 15 is 0 Å². The lowest BCUT2D eigenvalue weighted by molar-refractivity contribution is -0.132. The second kappa shape index (κ2) is 7.25. The predicted octanol–water partition coefficient (Wildman–Crippen LogP) is 2.07. The number of hydrogen-bond donors (Lipinski definition) is 2. The number of nitrogens with one attached hydrogen (secondary N) is 1. The largest absolute Gasteiger partial charge is 0.381 e. The highest BCUT2D eigenvalue weighted by Gasteiger charge is 2.49. The highest BCUT2D eigenvalue weighted by molar-refractivity contribution is 5.76. The molecule has 0 saturated heterocycles. The lowest BCUT2D eigenvalue weighted by Crippen LogP contribution is -2.61. The quantitative estimate of drug-likeness (QED) is 0.709. The van der Waals surface area contributed by atoms with Crippen molar-refractivity contribution >= 4 is 5.91 Å². The molecule has 3 atom stereocenters. The van der Waals surface area contributed by atoms with Gasteiger partial charge in [0.05, 0.1) is 6.10 Å². The van der Waals surface area contributed by atoms with Crippen LogP contribution < -0.4 is 11.1 Å². The Morgan fingerprint density at radius 3 is 2.63 bits per heavy atom. The van der Waals surface area contributed by atoms with Crippen LogP contribution in [0.3, 0.4) is 0 Å². The summed E-state index contributed by atoms with van der Waals surface area (Å²) < 4.78 is 5.40. The highest BCUT2D eigenvalue weighted by atomic mass is 16.5. The van der Waals surface area contributed by atoms with Gasteiger partial charge in [0.1, 0.15) is 0 Å². The van der Waals surface area contributed by atoms with Crippen LogP contribution in [0.15, 0.2) is 0 Å². The van der Waals surface area contributed by atoms with Gasteiger partial charge in [0, 0.05) is 25.0 Å². The van der Waals surface area contributed by atoms with Gasteiger partial charge in [-0.05, 0) is 31.7 Å². The molecule has 1 amide bonds. The predicted molar refractivity (Wildman–Crippen MR) is 77.8 cm³/mol. The fourth-order valence-electron chi connectivity index (χ4n) is 2.92. The maximum atomic E-state index is 12.0. The van der Waals surface area contributed by atoms with E-state index in [9.17, 15) is 4.79 Å². The van der Waals surface area contributed by atoms with Crippen molar-refractivity contribution in [3.63, 3.8) is 0 Å². The monoisotopic (exact) mass is 270 g/mol. The molecule has 0 bridgehead atoms. The van der Waals surface area contributed by atoms with Crippen LogP contribution in [0.25, 0.3) is 0 Å². The minimum absolute atomic E-state index is 0.0474. The first-order chi connectivity index (χ1) is 8.95. The summed E-state index contributed by atoms with van der Waals surface area (Å²) in [6, 6.07) is 0.250. The first-order valence-corrected chi connectivity index (χ1v) is 7.47. The molecule has 1 saturated carbocycles. The molecule has 1 aliphatic rings. The Morgan fingerprint density at radius 2 is 2.16 bits per heavy atom. The molecule has 3 N–H and O–H groups in total. The van der Waals surface area contributed by atoms with Gasteiger partial charge in [-0.2, -0.15) is 0 Å². The van der Waals surface area contributed by atoms with Crippen LogP contribution in [0.2, 0.25) is 0 Å². The normalized spacial score (nSPS) is 26.6. The summed E-state index contributed by atoms with van der Waals surface area (Å²) in [6.45, 7) is 7.18. The Kier molecular flexibility index (Phi) is 6.27. The molecule has 3 unspecified atom stereocenters. The van der Waals surface area contributed by atoms with Crippen molar-refractivity contribution in [1.82, 2.24) is 5.32 Å². The highest BCUT2D eigenvalue weighted by Crippen LogP contribution is 2.42. The molecule has 0 aromatic carbocycles. The molecule has 1 aliphatic carbocycles. The lowest BCUT2D eigenvalue weighted by Gasteiger charge is -2.51. The summed E-state index contributed by atoms with van der Waals surface area (Å²) in [5.74, 6) is 0.750. The molecule has 4 nitrogen and oxygen atoms in total. The molecule has 1 fully saturated rings. The molecule has 0 aromatic heterocycles. The zero-order valence-electron chi connectivity index (χ0n) is 12.9. The Labute approximate surface area is 117 Å². The molecule has 19 heavy (non-hydrogen) atoms. The Hall–Kier alpha value is -0.610. The second-order valence-corrected chi connectivity index (χ2v) is 6.29. The summed E-state index contributed by atoms with van der Waals surface area (Å²) in [4.78, 5) is 12.0. The van der Waals surface area contributed by atoms with Gasteiger partial charge in [0.15, 0.2) is 0 Å². The van der Waals surface area contributed by atoms with E-state index in [1.54, 1.807) is 7.11 Å². The fraction of sp³-hybridized carbons (Fsp3) is 0.933. The average molecular weight is 270 g/mol. The SMILES string of the molecule is CCC(CCN)CCC(=O)NC1CC(OC)C1(C)C. The van der Waals surface area contributed by atoms with Crippen LogP contribution in [0.1, 0.15) is 52.9 Å². The van der Waals surface area contributed by atoms with Crippen molar-refractivity contribution in [1.29, 1.82) is 0 Å². The fourth-order valence-corrected chi connectivity index (χ4v) is 2.92. The first kappa shape index (κ1) is 16.4. The van der Waals surface area contributed by atoms with Crippen molar-refractivity contribution in [2.75, 3.05) is 13.7 Å². The number of ether oxygens (including phenoxy) is 1. The van der Waals surface area contributed by atoms with E-state index in [1.165, 1.54) is 0 Å². The van der Waals surface area contributed by atoms with Gasteiger partial charge in [-0.15, -0.1) is 0 Å². The van der Waals surface area contributed by atoms with Gasteiger partial charge in [-0.25, -0.2) is 0 Å². The molecule has 0 aromatic rings. The van der Waals surface area contributed by atoms with Crippen LogP contribution in [0, 0.1) is 11.3 Å². The second-order valence-electron chi connectivity index (χ2n) is 6.29. The number of nitrogens with two attached hydrogens (primary N) is 1. The standard InChI is InChI=1S/C15H30N2O2/c1-5-11(8-9-16)6-7-14(18)17-12-10-13(19-4)15(12,2)3/h11-13H,5-10,16H2,1-4H3,(H,17,18). The van der Waals surface area contributed by atoms with E-state index in [0.29, 0.717) is 18.9 Å². The van der Waals surface area contributed by atoms with E-state index in [0.717, 1.165) is 25.7 Å². The van der Waals surface area contributed by atoms with Gasteiger partial charge in [0.2, 0.25) is 5.91 Å². The summed E-state index contributed by atoms with van der Waals surface area (Å²) >= 11 is 0. The van der Waals surface area contributed by atoms with Gasteiger partial charge < -0.3 is 15.8 Å². The minimum atomic E-state index is 0.0474. The minimum Gasteiger partial charge on any atom is -0.381 e. The molecule has 1 rings (SSSR count). The van der Waals surface area contributed by atoms with Crippen LogP contribution >= 0.6 is 0 Å². The number of hydrogen-bond acceptors (Lipinski definition) is 3. The number of carbonyl (C=O) groups is 1. The molecule has 0 heterocycles. The van der Waals surface area contributed by atoms with Gasteiger partial charge >= 0.3 is 0 Å². The molecule has 0 spiro atoms. The van der Waals surface area contributed by atoms with Crippen molar-refractivity contribution in [3.8, 4) is 0 Å². The van der Waals surface area contributed by atoms with Crippen molar-refractivity contribution in [3.05, 3.63) is 0 Å². The van der Waals surface area contributed by atoms with E-state index in [2.05, 4.69) is 26.1 Å². The maximum absolute atomic E-state index is 12.0. The Balaban J connectivity index is 2.29. The number of amides is 1. The number of methoxy groups -OCH3 is 1. The van der Waals surface area contributed by atoms with Crippen LogP contribution in [0.4, 0.5) is 0 Å². The molecular weight excluding hydrogens is 240 g/mol. The summed E-state index contributed by atoms with van der Waals surface area (Å²) in [5, 5.41) is 3.14. The average Bonchev–Trinajstić information content (AvgIpc) is 2.38. The Morgan fingerprint density at radius 1 is 1.47 bits per heavy atom. The van der Waals surface area contributed by atoms with E-state index in [1.807, 2.05) is 0 Å². The van der Waals surface area contributed by atoms with E-state index < -0.39 is 0 Å². The number of carbonyl (C=O) groups excluding carboxylic acids is 1. The third kappa shape index (κ3) is 4.18. The van der Waals surface area contributed by atoms with Crippen molar-refractivity contribution < 1.29 is 9.53 Å². The van der Waals surface area contributed by atoms with E-state index in [4.69, 9.17) is 10.5 Å². The van der Waals surface area contributed by atoms with Gasteiger partial charge in [-0.3, -0.25) is 4.79 Å². The molecule has 0 aliphatic heterocycles. The maximum Gasteiger partial charge on any atom is 0.220 e. The van der Waals surface area contributed by atoms with Gasteiger partial charge in [0.25, 0.3) is 0 Å². The summed E-state index contributed by atoms with van der Waals surface area (Å²) in [5.41, 5.74) is 5.62. The van der Waals surface area contributed by atoms with Crippen molar-refractivity contribution in [2.24, 2.45) is 17.1 Å². The van der Waals surface area contributed by atoms with Gasteiger partial charge in [-0.1, -0.05) is 27.2 Å². The molecule has 0 radical (unpaired) electrons. The summed E-state index contributed by atoms with van der Waals surface area (Å²) in [6.07, 6.45) is 4.87. The smallest absolute Gasteiger partial charge is 0.220 e. The molecule has 4 heteroatoms. The van der Waals surface area contributed by atoms with Crippen molar-refractivity contribution in [2.45, 2.75) is 65.0 Å². The third-order valence-electron chi connectivity index (χ3n) is 4.73. The lowest BCUT2D eigenvalue weighted by atomic mass is 9.64.